The first-order valence-corrected chi connectivity index (χ1v) is 11.8. The molecule has 0 bridgehead atoms. The number of hydrogen-bond acceptors (Lipinski definition) is 3. The van der Waals surface area contributed by atoms with Crippen LogP contribution in [0.3, 0.4) is 0 Å². The van der Waals surface area contributed by atoms with Crippen LogP contribution in [-0.2, 0) is 0 Å². The SMILES string of the molecule is CCCC(CCNc1cc(OC)ccc1C)COc1cccc(C(CC)C2CC2)c1. The normalized spacial score (nSPS) is 15.5. The van der Waals surface area contributed by atoms with E-state index in [2.05, 4.69) is 62.5 Å². The summed E-state index contributed by atoms with van der Waals surface area (Å²) < 4.78 is 11.6. The molecule has 2 aromatic carbocycles. The molecule has 0 spiro atoms. The van der Waals surface area contributed by atoms with Gasteiger partial charge in [-0.3, -0.25) is 0 Å². The Bertz CT molecular complexity index is 784. The minimum atomic E-state index is 0.558. The van der Waals surface area contributed by atoms with E-state index in [1.165, 1.54) is 43.2 Å². The van der Waals surface area contributed by atoms with Gasteiger partial charge in [-0.1, -0.05) is 38.5 Å². The number of aryl methyl sites for hydroxylation is 1. The molecule has 0 saturated heterocycles. The lowest BCUT2D eigenvalue weighted by Gasteiger charge is -2.20. The monoisotopic (exact) mass is 409 g/mol. The lowest BCUT2D eigenvalue weighted by molar-refractivity contribution is 0.233. The quantitative estimate of drug-likeness (QED) is 0.379. The number of methoxy groups -OCH3 is 1. The van der Waals surface area contributed by atoms with E-state index in [9.17, 15) is 0 Å². The van der Waals surface area contributed by atoms with Gasteiger partial charge in [-0.2, -0.15) is 0 Å². The second kappa shape index (κ2) is 11.3. The van der Waals surface area contributed by atoms with Gasteiger partial charge in [-0.05, 0) is 86.1 Å². The molecule has 1 saturated carbocycles. The average Bonchev–Trinajstić information content (AvgIpc) is 3.59. The Morgan fingerprint density at radius 3 is 2.57 bits per heavy atom. The van der Waals surface area contributed by atoms with E-state index in [0.29, 0.717) is 11.8 Å². The molecule has 1 N–H and O–H groups in total. The fourth-order valence-electron chi connectivity index (χ4n) is 4.44. The lowest BCUT2D eigenvalue weighted by atomic mass is 9.92. The van der Waals surface area contributed by atoms with Crippen molar-refractivity contribution in [2.75, 3.05) is 25.6 Å². The van der Waals surface area contributed by atoms with Gasteiger partial charge in [0, 0.05) is 18.3 Å². The van der Waals surface area contributed by atoms with Gasteiger partial charge in [-0.25, -0.2) is 0 Å². The van der Waals surface area contributed by atoms with Crippen molar-refractivity contribution in [2.45, 2.75) is 65.2 Å². The zero-order chi connectivity index (χ0) is 21.3. The summed E-state index contributed by atoms with van der Waals surface area (Å²) in [6.45, 7) is 8.43. The maximum Gasteiger partial charge on any atom is 0.120 e. The Balaban J connectivity index is 1.52. The van der Waals surface area contributed by atoms with E-state index in [0.717, 1.165) is 42.7 Å². The second-order valence-corrected chi connectivity index (χ2v) is 8.79. The molecule has 2 aromatic rings. The number of hydrogen-bond donors (Lipinski definition) is 1. The first-order valence-electron chi connectivity index (χ1n) is 11.8. The molecule has 3 rings (SSSR count). The molecular weight excluding hydrogens is 370 g/mol. The van der Waals surface area contributed by atoms with Crippen molar-refractivity contribution in [2.24, 2.45) is 11.8 Å². The van der Waals surface area contributed by atoms with Crippen molar-refractivity contribution in [1.82, 2.24) is 0 Å². The predicted molar refractivity (Wildman–Crippen MR) is 127 cm³/mol. The first kappa shape index (κ1) is 22.5. The first-order chi connectivity index (χ1) is 14.6. The van der Waals surface area contributed by atoms with Crippen LogP contribution in [0.15, 0.2) is 42.5 Å². The molecular formula is C27H39NO2. The zero-order valence-corrected chi connectivity index (χ0v) is 19.2. The Morgan fingerprint density at radius 2 is 1.87 bits per heavy atom. The molecule has 2 unspecified atom stereocenters. The van der Waals surface area contributed by atoms with Crippen molar-refractivity contribution in [3.8, 4) is 11.5 Å². The molecule has 3 nitrogen and oxygen atoms in total. The molecule has 1 fully saturated rings. The predicted octanol–water partition coefficient (Wildman–Crippen LogP) is 7.20. The Hall–Kier alpha value is -2.16. The van der Waals surface area contributed by atoms with Gasteiger partial charge < -0.3 is 14.8 Å². The highest BCUT2D eigenvalue weighted by Gasteiger charge is 2.31. The summed E-state index contributed by atoms with van der Waals surface area (Å²) in [5, 5.41) is 3.59. The average molecular weight is 410 g/mol. The second-order valence-electron chi connectivity index (χ2n) is 8.79. The van der Waals surface area contributed by atoms with Crippen LogP contribution in [0.25, 0.3) is 0 Å². The van der Waals surface area contributed by atoms with Gasteiger partial charge in [0.1, 0.15) is 11.5 Å². The van der Waals surface area contributed by atoms with Crippen LogP contribution in [0.4, 0.5) is 5.69 Å². The molecule has 0 aliphatic heterocycles. The highest BCUT2D eigenvalue weighted by atomic mass is 16.5. The third kappa shape index (κ3) is 6.42. The van der Waals surface area contributed by atoms with E-state index in [-0.39, 0.29) is 0 Å². The molecule has 1 aliphatic carbocycles. The van der Waals surface area contributed by atoms with Gasteiger partial charge in [0.05, 0.1) is 13.7 Å². The molecule has 30 heavy (non-hydrogen) atoms. The Morgan fingerprint density at radius 1 is 1.03 bits per heavy atom. The third-order valence-corrected chi connectivity index (χ3v) is 6.41. The van der Waals surface area contributed by atoms with Gasteiger partial charge >= 0.3 is 0 Å². The highest BCUT2D eigenvalue weighted by Crippen LogP contribution is 2.44. The lowest BCUT2D eigenvalue weighted by Crippen LogP contribution is -2.17. The summed E-state index contributed by atoms with van der Waals surface area (Å²) >= 11 is 0. The third-order valence-electron chi connectivity index (χ3n) is 6.41. The van der Waals surface area contributed by atoms with Crippen molar-refractivity contribution in [1.29, 1.82) is 0 Å². The molecule has 1 aliphatic rings. The van der Waals surface area contributed by atoms with Gasteiger partial charge in [0.2, 0.25) is 0 Å². The highest BCUT2D eigenvalue weighted by molar-refractivity contribution is 5.54. The van der Waals surface area contributed by atoms with Crippen LogP contribution >= 0.6 is 0 Å². The van der Waals surface area contributed by atoms with Gasteiger partial charge in [0.15, 0.2) is 0 Å². The van der Waals surface area contributed by atoms with E-state index in [4.69, 9.17) is 9.47 Å². The standard InChI is InChI=1S/C27H39NO2/c1-5-8-21(15-16-28-27-18-24(29-4)14-11-20(27)3)19-30-25-10-7-9-23(17-25)26(6-2)22-12-13-22/h7,9-11,14,17-18,21-22,26,28H,5-6,8,12-13,15-16,19H2,1-4H3. The number of ether oxygens (including phenoxy) is 2. The summed E-state index contributed by atoms with van der Waals surface area (Å²) in [4.78, 5) is 0. The van der Waals surface area contributed by atoms with E-state index >= 15 is 0 Å². The summed E-state index contributed by atoms with van der Waals surface area (Å²) in [5.41, 5.74) is 3.86. The smallest absolute Gasteiger partial charge is 0.120 e. The van der Waals surface area contributed by atoms with E-state index < -0.39 is 0 Å². The van der Waals surface area contributed by atoms with Crippen molar-refractivity contribution >= 4 is 5.69 Å². The van der Waals surface area contributed by atoms with E-state index in [1.807, 2.05) is 6.07 Å². The largest absolute Gasteiger partial charge is 0.497 e. The van der Waals surface area contributed by atoms with E-state index in [1.54, 1.807) is 7.11 Å². The summed E-state index contributed by atoms with van der Waals surface area (Å²) in [6, 6.07) is 15.0. The summed E-state index contributed by atoms with van der Waals surface area (Å²) in [5.74, 6) is 4.08. The number of rotatable bonds is 13. The Kier molecular flexibility index (Phi) is 8.48. The van der Waals surface area contributed by atoms with Crippen molar-refractivity contribution in [3.05, 3.63) is 53.6 Å². The van der Waals surface area contributed by atoms with Crippen molar-refractivity contribution < 1.29 is 9.47 Å². The molecule has 0 radical (unpaired) electrons. The van der Waals surface area contributed by atoms with Crippen LogP contribution in [0.2, 0.25) is 0 Å². The van der Waals surface area contributed by atoms with Crippen LogP contribution in [0.1, 0.15) is 69.4 Å². The number of benzene rings is 2. The zero-order valence-electron chi connectivity index (χ0n) is 19.2. The number of nitrogens with one attached hydrogen (secondary N) is 1. The van der Waals surface area contributed by atoms with Gasteiger partial charge in [-0.15, -0.1) is 0 Å². The van der Waals surface area contributed by atoms with Gasteiger partial charge in [0.25, 0.3) is 0 Å². The Labute approximate surface area is 183 Å². The van der Waals surface area contributed by atoms with Crippen LogP contribution in [0, 0.1) is 18.8 Å². The minimum absolute atomic E-state index is 0.558. The van der Waals surface area contributed by atoms with Crippen LogP contribution in [0.5, 0.6) is 11.5 Å². The minimum Gasteiger partial charge on any atom is -0.497 e. The van der Waals surface area contributed by atoms with Crippen molar-refractivity contribution in [3.63, 3.8) is 0 Å². The fourth-order valence-corrected chi connectivity index (χ4v) is 4.44. The molecule has 0 aromatic heterocycles. The molecule has 164 valence electrons. The molecule has 0 amide bonds. The maximum atomic E-state index is 6.27. The number of anilines is 1. The topological polar surface area (TPSA) is 30.5 Å². The summed E-state index contributed by atoms with van der Waals surface area (Å²) in [7, 11) is 1.71. The fraction of sp³-hybridized carbons (Fsp3) is 0.556. The maximum absolute atomic E-state index is 6.27. The molecule has 2 atom stereocenters. The molecule has 0 heterocycles. The summed E-state index contributed by atoms with van der Waals surface area (Å²) in [6.07, 6.45) is 7.49. The molecule has 3 heteroatoms. The van der Waals surface area contributed by atoms with Crippen LogP contribution < -0.4 is 14.8 Å². The van der Waals surface area contributed by atoms with Crippen LogP contribution in [-0.4, -0.2) is 20.3 Å².